The van der Waals surface area contributed by atoms with Crippen molar-refractivity contribution in [2.45, 2.75) is 51.7 Å². The molecular formula is C25H26O6. The predicted molar refractivity (Wildman–Crippen MR) is 117 cm³/mol. The van der Waals surface area contributed by atoms with Crippen LogP contribution in [0.2, 0.25) is 0 Å². The predicted octanol–water partition coefficient (Wildman–Crippen LogP) is 5.42. The molecule has 0 radical (unpaired) electrons. The van der Waals surface area contributed by atoms with Crippen LogP contribution in [0.4, 0.5) is 0 Å². The molecule has 6 heteroatoms. The van der Waals surface area contributed by atoms with Gasteiger partial charge in [-0.05, 0) is 57.9 Å². The van der Waals surface area contributed by atoms with Crippen LogP contribution in [-0.4, -0.2) is 26.7 Å². The van der Waals surface area contributed by atoms with Crippen molar-refractivity contribution in [2.75, 3.05) is 0 Å². The van der Waals surface area contributed by atoms with Gasteiger partial charge in [0.05, 0.1) is 12.0 Å². The van der Waals surface area contributed by atoms with Crippen LogP contribution in [0.1, 0.15) is 67.6 Å². The van der Waals surface area contributed by atoms with Gasteiger partial charge < -0.3 is 24.8 Å². The van der Waals surface area contributed by atoms with E-state index < -0.39 is 11.7 Å². The number of carbonyl (C=O) groups is 1. The van der Waals surface area contributed by atoms with Crippen LogP contribution in [0, 0.1) is 0 Å². The van der Waals surface area contributed by atoms with Gasteiger partial charge in [0.25, 0.3) is 0 Å². The summed E-state index contributed by atoms with van der Waals surface area (Å²) in [7, 11) is 0. The number of carbonyl (C=O) groups excluding carboxylic acids is 1. The van der Waals surface area contributed by atoms with E-state index in [2.05, 4.69) is 19.9 Å². The third-order valence-electron chi connectivity index (χ3n) is 5.68. The van der Waals surface area contributed by atoms with Gasteiger partial charge in [-0.3, -0.25) is 4.79 Å². The van der Waals surface area contributed by atoms with E-state index in [-0.39, 0.29) is 40.8 Å². The van der Waals surface area contributed by atoms with Crippen molar-refractivity contribution >= 4 is 11.9 Å². The Morgan fingerprint density at radius 3 is 2.68 bits per heavy atom. The van der Waals surface area contributed by atoms with Crippen LogP contribution >= 0.6 is 0 Å². The molecule has 0 aromatic heterocycles. The first-order valence-corrected chi connectivity index (χ1v) is 10.3. The lowest BCUT2D eigenvalue weighted by molar-refractivity contribution is 0.0838. The average molecular weight is 422 g/mol. The zero-order valence-corrected chi connectivity index (χ0v) is 17.8. The van der Waals surface area contributed by atoms with Crippen LogP contribution in [0.3, 0.4) is 0 Å². The molecule has 4 rings (SSSR count). The Hall–Kier alpha value is -3.41. The van der Waals surface area contributed by atoms with E-state index in [4.69, 9.17) is 9.47 Å². The number of rotatable bonds is 4. The Morgan fingerprint density at radius 2 is 1.97 bits per heavy atom. The number of aromatic hydroxyl groups is 3. The maximum absolute atomic E-state index is 12.8. The lowest BCUT2D eigenvalue weighted by Crippen LogP contribution is -2.32. The highest BCUT2D eigenvalue weighted by Crippen LogP contribution is 2.48. The summed E-state index contributed by atoms with van der Waals surface area (Å²) in [6.45, 7) is 6.08. The van der Waals surface area contributed by atoms with Crippen molar-refractivity contribution in [3.05, 3.63) is 58.7 Å². The van der Waals surface area contributed by atoms with Crippen molar-refractivity contribution in [2.24, 2.45) is 0 Å². The Kier molecular flexibility index (Phi) is 5.17. The molecular weight excluding hydrogens is 396 g/mol. The zero-order valence-electron chi connectivity index (χ0n) is 17.8. The summed E-state index contributed by atoms with van der Waals surface area (Å²) in [6, 6.07) is 5.78. The molecule has 0 saturated heterocycles. The van der Waals surface area contributed by atoms with Crippen LogP contribution in [0.5, 0.6) is 28.7 Å². The highest BCUT2D eigenvalue weighted by molar-refractivity contribution is 6.04. The number of hydrogen-bond acceptors (Lipinski definition) is 6. The van der Waals surface area contributed by atoms with E-state index in [0.717, 1.165) is 12.8 Å². The van der Waals surface area contributed by atoms with Crippen molar-refractivity contribution in [3.8, 4) is 28.7 Å². The molecule has 6 nitrogen and oxygen atoms in total. The van der Waals surface area contributed by atoms with Gasteiger partial charge in [-0.15, -0.1) is 0 Å². The summed E-state index contributed by atoms with van der Waals surface area (Å²) < 4.78 is 12.2. The molecule has 0 fully saturated rings. The normalized spacial score (nSPS) is 21.5. The third-order valence-corrected chi connectivity index (χ3v) is 5.68. The minimum Gasteiger partial charge on any atom is -0.508 e. The monoisotopic (exact) mass is 422 g/mol. The van der Waals surface area contributed by atoms with Gasteiger partial charge >= 0.3 is 0 Å². The number of phenols is 3. The first kappa shape index (κ1) is 20.8. The summed E-state index contributed by atoms with van der Waals surface area (Å²) >= 11 is 0. The second-order valence-electron chi connectivity index (χ2n) is 8.56. The average Bonchev–Trinajstić information content (AvgIpc) is 2.66. The summed E-state index contributed by atoms with van der Waals surface area (Å²) in [5.74, 6) is -0.0240. The minimum absolute atomic E-state index is 0.0390. The van der Waals surface area contributed by atoms with Gasteiger partial charge in [-0.1, -0.05) is 11.6 Å². The Balaban J connectivity index is 1.67. The Morgan fingerprint density at radius 1 is 1.19 bits per heavy atom. The maximum Gasteiger partial charge on any atom is 0.174 e. The van der Waals surface area contributed by atoms with Gasteiger partial charge in [0.15, 0.2) is 5.78 Å². The number of ketones is 1. The van der Waals surface area contributed by atoms with Crippen molar-refractivity contribution in [1.82, 2.24) is 0 Å². The van der Waals surface area contributed by atoms with Crippen molar-refractivity contribution < 1.29 is 29.6 Å². The number of fused-ring (bicyclic) bond motifs is 2. The quantitative estimate of drug-likeness (QED) is 0.569. The molecule has 2 aromatic rings. The standard InChI is InChI=1S/C25H26O6/c1-14(2)5-4-9-25(3)10-8-17-21(31-25)13-22-23(24(17)29)19(28)12-20(30-22)16-7-6-15(26)11-18(16)27/h5-8,10-11,13,20,26-27,29H,4,9,12H2,1-3H3/t20-,25?/m0/s1. The van der Waals surface area contributed by atoms with Gasteiger partial charge in [-0.2, -0.15) is 0 Å². The summed E-state index contributed by atoms with van der Waals surface area (Å²) in [5.41, 5.74) is 1.66. The first-order chi connectivity index (χ1) is 14.7. The second kappa shape index (κ2) is 7.69. The molecule has 31 heavy (non-hydrogen) atoms. The molecule has 0 amide bonds. The molecule has 2 aliphatic heterocycles. The maximum atomic E-state index is 12.8. The van der Waals surface area contributed by atoms with Gasteiger partial charge in [0.1, 0.15) is 46.0 Å². The highest BCUT2D eigenvalue weighted by atomic mass is 16.5. The fourth-order valence-corrected chi connectivity index (χ4v) is 4.01. The summed E-state index contributed by atoms with van der Waals surface area (Å²) in [4.78, 5) is 12.8. The van der Waals surface area contributed by atoms with E-state index >= 15 is 0 Å². The van der Waals surface area contributed by atoms with Gasteiger partial charge in [0, 0.05) is 17.7 Å². The number of Topliss-reactive ketones (excluding diaryl/α,β-unsaturated/α-hetero) is 1. The number of allylic oxidation sites excluding steroid dienone is 2. The van der Waals surface area contributed by atoms with E-state index in [0.29, 0.717) is 16.9 Å². The fourth-order valence-electron chi connectivity index (χ4n) is 4.01. The number of hydrogen-bond donors (Lipinski definition) is 3. The molecule has 0 aliphatic carbocycles. The van der Waals surface area contributed by atoms with Gasteiger partial charge in [0.2, 0.25) is 0 Å². The van der Waals surface area contributed by atoms with E-state index in [1.54, 1.807) is 12.1 Å². The number of ether oxygens (including phenoxy) is 2. The molecule has 0 spiro atoms. The van der Waals surface area contributed by atoms with Crippen molar-refractivity contribution in [3.63, 3.8) is 0 Å². The van der Waals surface area contributed by atoms with E-state index in [9.17, 15) is 20.1 Å². The topological polar surface area (TPSA) is 96.2 Å². The summed E-state index contributed by atoms with van der Waals surface area (Å²) in [6.07, 6.45) is 6.69. The molecule has 0 saturated carbocycles. The van der Waals surface area contributed by atoms with Crippen LogP contribution in [0.15, 0.2) is 42.0 Å². The molecule has 3 N–H and O–H groups in total. The molecule has 1 unspecified atom stereocenters. The largest absolute Gasteiger partial charge is 0.508 e. The molecule has 2 atom stereocenters. The van der Waals surface area contributed by atoms with Crippen LogP contribution < -0.4 is 9.47 Å². The molecule has 2 aliphatic rings. The molecule has 2 aromatic carbocycles. The number of phenolic OH excluding ortho intramolecular Hbond substituents is 3. The second-order valence-corrected chi connectivity index (χ2v) is 8.56. The van der Waals surface area contributed by atoms with Crippen molar-refractivity contribution in [1.29, 1.82) is 0 Å². The number of benzene rings is 2. The fraction of sp³-hybridized carbons (Fsp3) is 0.320. The molecule has 2 heterocycles. The van der Waals surface area contributed by atoms with Crippen LogP contribution in [-0.2, 0) is 0 Å². The minimum atomic E-state index is -0.735. The molecule has 0 bridgehead atoms. The van der Waals surface area contributed by atoms with Gasteiger partial charge in [-0.25, -0.2) is 0 Å². The first-order valence-electron chi connectivity index (χ1n) is 10.3. The Labute approximate surface area is 181 Å². The molecule has 162 valence electrons. The SMILES string of the molecule is CC(C)=CCCC1(C)C=Cc2c(cc3c(c2O)C(=O)C[C@@H](c2ccc(O)cc2O)O3)O1. The van der Waals surface area contributed by atoms with E-state index in [1.165, 1.54) is 23.8 Å². The lowest BCUT2D eigenvalue weighted by atomic mass is 9.90. The van der Waals surface area contributed by atoms with Crippen LogP contribution in [0.25, 0.3) is 6.08 Å². The summed E-state index contributed by atoms with van der Waals surface area (Å²) in [5, 5.41) is 30.5. The Bertz CT molecular complexity index is 1110. The smallest absolute Gasteiger partial charge is 0.174 e. The zero-order chi connectivity index (χ0) is 22.3. The third kappa shape index (κ3) is 3.98. The highest BCUT2D eigenvalue weighted by Gasteiger charge is 2.36. The van der Waals surface area contributed by atoms with E-state index in [1.807, 2.05) is 13.0 Å². The lowest BCUT2D eigenvalue weighted by Gasteiger charge is -2.34.